The quantitative estimate of drug-likeness (QED) is 0.771. The van der Waals surface area contributed by atoms with E-state index in [0.717, 1.165) is 27.2 Å². The predicted octanol–water partition coefficient (Wildman–Crippen LogP) is 2.74. The van der Waals surface area contributed by atoms with E-state index >= 15 is 0 Å². The van der Waals surface area contributed by atoms with E-state index in [0.29, 0.717) is 0 Å². The molecule has 20 heavy (non-hydrogen) atoms. The molecule has 3 aromatic heterocycles. The predicted molar refractivity (Wildman–Crippen MR) is 81.5 cm³/mol. The van der Waals surface area contributed by atoms with Gasteiger partial charge in [-0.05, 0) is 12.1 Å². The molecule has 0 aliphatic carbocycles. The standard InChI is InChI=1S/C13H14N6S/c1-14-12-11(9-7-16-17-8-9)18-13(20-12)19(2)10-5-3-4-6-15-10/h3-8,14H,1-2H3,(H,16,17). The van der Waals surface area contributed by atoms with Crippen molar-refractivity contribution in [1.82, 2.24) is 20.2 Å². The zero-order valence-electron chi connectivity index (χ0n) is 11.2. The number of pyridine rings is 1. The number of aromatic nitrogens is 4. The van der Waals surface area contributed by atoms with E-state index in [-0.39, 0.29) is 0 Å². The number of rotatable bonds is 4. The molecule has 0 spiro atoms. The highest BCUT2D eigenvalue weighted by Crippen LogP contribution is 2.38. The van der Waals surface area contributed by atoms with Crippen LogP contribution in [0.25, 0.3) is 11.3 Å². The summed E-state index contributed by atoms with van der Waals surface area (Å²) in [5.41, 5.74) is 1.86. The highest BCUT2D eigenvalue weighted by Gasteiger charge is 2.16. The normalized spacial score (nSPS) is 10.5. The number of thiazole rings is 1. The van der Waals surface area contributed by atoms with E-state index in [1.54, 1.807) is 23.7 Å². The number of anilines is 3. The molecule has 0 fully saturated rings. The lowest BCUT2D eigenvalue weighted by Crippen LogP contribution is -2.10. The lowest BCUT2D eigenvalue weighted by Gasteiger charge is -2.13. The molecule has 0 bridgehead atoms. The van der Waals surface area contributed by atoms with Crippen molar-refractivity contribution in [3.63, 3.8) is 0 Å². The maximum atomic E-state index is 4.68. The molecule has 0 radical (unpaired) electrons. The SMILES string of the molecule is CNc1sc(N(C)c2ccccn2)nc1-c1cn[nH]c1. The second-order valence-electron chi connectivity index (χ2n) is 4.16. The molecule has 0 aliphatic heterocycles. The highest BCUT2D eigenvalue weighted by atomic mass is 32.1. The summed E-state index contributed by atoms with van der Waals surface area (Å²) in [4.78, 5) is 11.0. The first-order chi connectivity index (χ1) is 9.79. The van der Waals surface area contributed by atoms with Gasteiger partial charge < -0.3 is 10.2 Å². The second-order valence-corrected chi connectivity index (χ2v) is 5.14. The first-order valence-corrected chi connectivity index (χ1v) is 6.93. The fraction of sp³-hybridized carbons (Fsp3) is 0.154. The van der Waals surface area contributed by atoms with E-state index in [2.05, 4.69) is 25.5 Å². The zero-order valence-corrected chi connectivity index (χ0v) is 12.0. The Kier molecular flexibility index (Phi) is 3.34. The van der Waals surface area contributed by atoms with Crippen LogP contribution in [0, 0.1) is 0 Å². The van der Waals surface area contributed by atoms with Crippen LogP contribution in [0.3, 0.4) is 0 Å². The van der Waals surface area contributed by atoms with Crippen LogP contribution in [0.1, 0.15) is 0 Å². The van der Waals surface area contributed by atoms with Crippen LogP contribution in [0.15, 0.2) is 36.8 Å². The Labute approximate surface area is 120 Å². The van der Waals surface area contributed by atoms with Crippen molar-refractivity contribution >= 4 is 27.3 Å². The molecule has 7 heteroatoms. The molecule has 0 aromatic carbocycles. The molecule has 3 rings (SSSR count). The third-order valence-electron chi connectivity index (χ3n) is 2.89. The number of H-pyrrole nitrogens is 1. The summed E-state index contributed by atoms with van der Waals surface area (Å²) >= 11 is 1.58. The maximum Gasteiger partial charge on any atom is 0.193 e. The van der Waals surface area contributed by atoms with Crippen LogP contribution in [-0.4, -0.2) is 34.3 Å². The maximum absolute atomic E-state index is 4.68. The van der Waals surface area contributed by atoms with E-state index in [4.69, 9.17) is 0 Å². The minimum atomic E-state index is 0.864. The van der Waals surface area contributed by atoms with Crippen LogP contribution < -0.4 is 10.2 Å². The van der Waals surface area contributed by atoms with Gasteiger partial charge in [0.25, 0.3) is 0 Å². The van der Waals surface area contributed by atoms with Gasteiger partial charge in [0.15, 0.2) is 5.13 Å². The zero-order chi connectivity index (χ0) is 13.9. The number of aromatic amines is 1. The van der Waals surface area contributed by atoms with Crippen LogP contribution in [-0.2, 0) is 0 Å². The summed E-state index contributed by atoms with van der Waals surface area (Å²) in [6, 6.07) is 5.81. The van der Waals surface area contributed by atoms with Crippen molar-refractivity contribution in [3.8, 4) is 11.3 Å². The monoisotopic (exact) mass is 286 g/mol. The van der Waals surface area contributed by atoms with Crippen molar-refractivity contribution in [2.75, 3.05) is 24.3 Å². The summed E-state index contributed by atoms with van der Waals surface area (Å²) in [6.07, 6.45) is 5.37. The van der Waals surface area contributed by atoms with Gasteiger partial charge in [-0.1, -0.05) is 17.4 Å². The molecular formula is C13H14N6S. The molecule has 3 heterocycles. The van der Waals surface area contributed by atoms with E-state index in [1.165, 1.54) is 0 Å². The lowest BCUT2D eigenvalue weighted by atomic mass is 10.3. The molecule has 0 aliphatic rings. The molecule has 0 amide bonds. The lowest BCUT2D eigenvalue weighted by molar-refractivity contribution is 1.09. The number of nitrogens with zero attached hydrogens (tertiary/aromatic N) is 4. The van der Waals surface area contributed by atoms with Crippen LogP contribution in [0.5, 0.6) is 0 Å². The van der Waals surface area contributed by atoms with Gasteiger partial charge in [-0.15, -0.1) is 0 Å². The van der Waals surface area contributed by atoms with Gasteiger partial charge in [-0.3, -0.25) is 5.10 Å². The van der Waals surface area contributed by atoms with Crippen LogP contribution >= 0.6 is 11.3 Å². The Morgan fingerprint density at radius 1 is 1.35 bits per heavy atom. The highest BCUT2D eigenvalue weighted by molar-refractivity contribution is 7.20. The van der Waals surface area contributed by atoms with Crippen molar-refractivity contribution in [1.29, 1.82) is 0 Å². The fourth-order valence-corrected chi connectivity index (χ4v) is 2.76. The third kappa shape index (κ3) is 2.23. The average Bonchev–Trinajstić information content (AvgIpc) is 3.16. The van der Waals surface area contributed by atoms with Gasteiger partial charge in [0.2, 0.25) is 0 Å². The summed E-state index contributed by atoms with van der Waals surface area (Å²) in [5.74, 6) is 0.864. The van der Waals surface area contributed by atoms with Crippen LogP contribution in [0.2, 0.25) is 0 Å². The molecule has 2 N–H and O–H groups in total. The van der Waals surface area contributed by atoms with Crippen molar-refractivity contribution in [2.24, 2.45) is 0 Å². The van der Waals surface area contributed by atoms with Gasteiger partial charge in [-0.25, -0.2) is 9.97 Å². The molecule has 0 unspecified atom stereocenters. The molecular weight excluding hydrogens is 272 g/mol. The first-order valence-electron chi connectivity index (χ1n) is 6.12. The van der Waals surface area contributed by atoms with Crippen molar-refractivity contribution in [2.45, 2.75) is 0 Å². The molecule has 0 saturated heterocycles. The number of hydrogen-bond acceptors (Lipinski definition) is 6. The van der Waals surface area contributed by atoms with Crippen molar-refractivity contribution < 1.29 is 0 Å². The Hall–Kier alpha value is -2.41. The van der Waals surface area contributed by atoms with Crippen molar-refractivity contribution in [3.05, 3.63) is 36.8 Å². The average molecular weight is 286 g/mol. The van der Waals surface area contributed by atoms with Gasteiger partial charge >= 0.3 is 0 Å². The minimum Gasteiger partial charge on any atom is -0.378 e. The van der Waals surface area contributed by atoms with E-state index < -0.39 is 0 Å². The summed E-state index contributed by atoms with van der Waals surface area (Å²) in [6.45, 7) is 0. The Morgan fingerprint density at radius 2 is 2.25 bits per heavy atom. The van der Waals surface area contributed by atoms with Crippen LogP contribution in [0.4, 0.5) is 16.0 Å². The largest absolute Gasteiger partial charge is 0.378 e. The smallest absolute Gasteiger partial charge is 0.193 e. The molecule has 0 atom stereocenters. The second kappa shape index (κ2) is 5.30. The van der Waals surface area contributed by atoms with Gasteiger partial charge in [0, 0.05) is 32.1 Å². The number of hydrogen-bond donors (Lipinski definition) is 2. The third-order valence-corrected chi connectivity index (χ3v) is 4.04. The first kappa shape index (κ1) is 12.6. The summed E-state index contributed by atoms with van der Waals surface area (Å²) in [5, 5.41) is 11.8. The fourth-order valence-electron chi connectivity index (χ4n) is 1.85. The summed E-state index contributed by atoms with van der Waals surface area (Å²) in [7, 11) is 3.85. The Morgan fingerprint density at radius 3 is 2.90 bits per heavy atom. The Bertz CT molecular complexity index is 676. The molecule has 3 aromatic rings. The topological polar surface area (TPSA) is 69.7 Å². The van der Waals surface area contributed by atoms with Gasteiger partial charge in [0.05, 0.1) is 6.20 Å². The number of nitrogens with one attached hydrogen (secondary N) is 2. The molecule has 0 saturated carbocycles. The van der Waals surface area contributed by atoms with E-state index in [9.17, 15) is 0 Å². The summed E-state index contributed by atoms with van der Waals surface area (Å²) < 4.78 is 0. The van der Waals surface area contributed by atoms with Gasteiger partial charge in [-0.2, -0.15) is 5.10 Å². The Balaban J connectivity index is 1.99. The molecule has 6 nitrogen and oxygen atoms in total. The van der Waals surface area contributed by atoms with Gasteiger partial charge in [0.1, 0.15) is 16.5 Å². The minimum absolute atomic E-state index is 0.864. The van der Waals surface area contributed by atoms with E-state index in [1.807, 2.05) is 43.4 Å². The molecule has 102 valence electrons.